The number of ether oxygens (including phenoxy) is 1. The molecule has 2 aromatic heterocycles. The number of thiazole rings is 1. The molecule has 0 saturated heterocycles. The predicted molar refractivity (Wildman–Crippen MR) is 107 cm³/mol. The Balaban J connectivity index is 1.91. The van der Waals surface area contributed by atoms with Crippen molar-refractivity contribution in [2.24, 2.45) is 4.99 Å². The molecule has 3 rings (SSSR count). The van der Waals surface area contributed by atoms with E-state index >= 15 is 0 Å². The molecule has 10 heteroatoms. The van der Waals surface area contributed by atoms with Crippen LogP contribution in [-0.4, -0.2) is 28.0 Å². The van der Waals surface area contributed by atoms with Crippen LogP contribution in [0.1, 0.15) is 11.8 Å². The highest BCUT2D eigenvalue weighted by atomic mass is 32.1. The van der Waals surface area contributed by atoms with E-state index < -0.39 is 16.8 Å². The Morgan fingerprint density at radius 3 is 2.75 bits per heavy atom. The fourth-order valence-corrected chi connectivity index (χ4v) is 4.17. The van der Waals surface area contributed by atoms with Gasteiger partial charge in [0.05, 0.1) is 21.7 Å². The Morgan fingerprint density at radius 2 is 2.04 bits per heavy atom. The largest absolute Gasteiger partial charge is 0.465 e. The molecular formula is C18H15N3O5S2. The van der Waals surface area contributed by atoms with Gasteiger partial charge < -0.3 is 9.30 Å². The molecule has 28 heavy (non-hydrogen) atoms. The third-order valence-electron chi connectivity index (χ3n) is 3.57. The standard InChI is InChI=1S/C18H15N3O5S2/c1-2-26-17(23)11-20-13-5-3-4-6-14(13)28-18(20)19-15(22)9-7-12-8-10-16(27-12)21(24)25/h3-10H,2,11H2,1H3/b9-7-,19-18?. The van der Waals surface area contributed by atoms with Crippen LogP contribution in [0.4, 0.5) is 5.00 Å². The van der Waals surface area contributed by atoms with Gasteiger partial charge in [0.25, 0.3) is 5.91 Å². The number of fused-ring (bicyclic) bond motifs is 1. The van der Waals surface area contributed by atoms with Crippen molar-refractivity contribution in [3.8, 4) is 0 Å². The molecule has 0 N–H and O–H groups in total. The van der Waals surface area contributed by atoms with Gasteiger partial charge in [-0.2, -0.15) is 4.99 Å². The van der Waals surface area contributed by atoms with Gasteiger partial charge in [0.1, 0.15) is 6.54 Å². The number of nitrogens with zero attached hydrogens (tertiary/aromatic N) is 3. The van der Waals surface area contributed by atoms with Crippen LogP contribution in [0.25, 0.3) is 16.3 Å². The molecule has 0 radical (unpaired) electrons. The second-order valence-electron chi connectivity index (χ2n) is 5.46. The fourth-order valence-electron chi connectivity index (χ4n) is 2.41. The average molecular weight is 417 g/mol. The van der Waals surface area contributed by atoms with Gasteiger partial charge >= 0.3 is 11.0 Å². The van der Waals surface area contributed by atoms with Crippen LogP contribution in [-0.2, 0) is 20.9 Å². The number of para-hydroxylation sites is 1. The highest BCUT2D eigenvalue weighted by Gasteiger charge is 2.12. The Bertz CT molecular complexity index is 1140. The van der Waals surface area contributed by atoms with Gasteiger partial charge in [-0.15, -0.1) is 0 Å². The van der Waals surface area contributed by atoms with E-state index in [-0.39, 0.29) is 18.2 Å². The number of amides is 1. The van der Waals surface area contributed by atoms with E-state index in [0.29, 0.717) is 9.68 Å². The molecule has 1 amide bonds. The van der Waals surface area contributed by atoms with Crippen LogP contribution in [0.3, 0.4) is 0 Å². The lowest BCUT2D eigenvalue weighted by Gasteiger charge is -2.04. The Morgan fingerprint density at radius 1 is 1.25 bits per heavy atom. The van der Waals surface area contributed by atoms with Crippen molar-refractivity contribution in [3.63, 3.8) is 0 Å². The highest BCUT2D eigenvalue weighted by molar-refractivity contribution is 7.16. The first kappa shape index (κ1) is 19.6. The average Bonchev–Trinajstić information content (AvgIpc) is 3.26. The second-order valence-corrected chi connectivity index (χ2v) is 7.56. The molecule has 144 valence electrons. The number of hydrogen-bond donors (Lipinski definition) is 0. The minimum absolute atomic E-state index is 0.000762. The lowest BCUT2D eigenvalue weighted by molar-refractivity contribution is -0.380. The summed E-state index contributed by atoms with van der Waals surface area (Å²) in [6.45, 7) is 1.94. The summed E-state index contributed by atoms with van der Waals surface area (Å²) in [5.41, 5.74) is 0.782. The monoisotopic (exact) mass is 417 g/mol. The van der Waals surface area contributed by atoms with Gasteiger partial charge in [0, 0.05) is 17.0 Å². The first-order valence-electron chi connectivity index (χ1n) is 8.23. The van der Waals surface area contributed by atoms with Crippen LogP contribution in [0, 0.1) is 10.1 Å². The number of rotatable bonds is 6. The zero-order valence-electron chi connectivity index (χ0n) is 14.7. The molecule has 0 atom stereocenters. The summed E-state index contributed by atoms with van der Waals surface area (Å²) in [6, 6.07) is 10.4. The smallest absolute Gasteiger partial charge is 0.326 e. The number of nitro groups is 1. The molecule has 2 heterocycles. The molecule has 3 aromatic rings. The molecule has 0 unspecified atom stereocenters. The summed E-state index contributed by atoms with van der Waals surface area (Å²) in [4.78, 5) is 39.5. The van der Waals surface area contributed by atoms with Crippen molar-refractivity contribution in [1.29, 1.82) is 0 Å². The Kier molecular flexibility index (Phi) is 6.12. The maximum Gasteiger partial charge on any atom is 0.326 e. The predicted octanol–water partition coefficient (Wildman–Crippen LogP) is 3.38. The van der Waals surface area contributed by atoms with E-state index in [1.54, 1.807) is 17.6 Å². The molecular weight excluding hydrogens is 402 g/mol. The van der Waals surface area contributed by atoms with E-state index in [1.165, 1.54) is 29.6 Å². The molecule has 0 aliphatic carbocycles. The van der Waals surface area contributed by atoms with Crippen LogP contribution in [0.15, 0.2) is 47.5 Å². The number of benzene rings is 1. The van der Waals surface area contributed by atoms with Gasteiger partial charge in [0.15, 0.2) is 4.80 Å². The SMILES string of the molecule is CCOC(=O)Cn1c(=NC(=O)/C=C\c2ccc([N+](=O)[O-])s2)sc2ccccc21. The van der Waals surface area contributed by atoms with Gasteiger partial charge in [-0.3, -0.25) is 19.7 Å². The summed E-state index contributed by atoms with van der Waals surface area (Å²) in [6.07, 6.45) is 2.72. The van der Waals surface area contributed by atoms with E-state index in [9.17, 15) is 19.7 Å². The van der Waals surface area contributed by atoms with Gasteiger partial charge in [-0.1, -0.05) is 34.8 Å². The maximum absolute atomic E-state index is 12.3. The van der Waals surface area contributed by atoms with E-state index in [2.05, 4.69) is 4.99 Å². The second kappa shape index (κ2) is 8.72. The minimum Gasteiger partial charge on any atom is -0.465 e. The van der Waals surface area contributed by atoms with Crippen molar-refractivity contribution in [2.75, 3.05) is 6.61 Å². The van der Waals surface area contributed by atoms with Gasteiger partial charge in [-0.05, 0) is 31.2 Å². The normalized spacial score (nSPS) is 12.0. The van der Waals surface area contributed by atoms with Crippen molar-refractivity contribution < 1.29 is 19.2 Å². The summed E-state index contributed by atoms with van der Waals surface area (Å²) in [7, 11) is 0. The van der Waals surface area contributed by atoms with Crippen molar-refractivity contribution >= 4 is 55.8 Å². The number of hydrogen-bond acceptors (Lipinski definition) is 7. The minimum atomic E-state index is -0.528. The zero-order chi connectivity index (χ0) is 20.1. The maximum atomic E-state index is 12.3. The number of thiophene rings is 1. The van der Waals surface area contributed by atoms with Crippen LogP contribution in [0.5, 0.6) is 0 Å². The van der Waals surface area contributed by atoms with E-state index in [4.69, 9.17) is 4.74 Å². The van der Waals surface area contributed by atoms with Crippen LogP contribution >= 0.6 is 22.7 Å². The summed E-state index contributed by atoms with van der Waals surface area (Å²) in [5.74, 6) is -0.943. The molecule has 0 spiro atoms. The molecule has 8 nitrogen and oxygen atoms in total. The van der Waals surface area contributed by atoms with E-state index in [0.717, 1.165) is 21.6 Å². The number of carbonyl (C=O) groups is 2. The van der Waals surface area contributed by atoms with Crippen molar-refractivity contribution in [1.82, 2.24) is 4.57 Å². The number of carbonyl (C=O) groups excluding carboxylic acids is 2. The Labute approximate surface area is 167 Å². The van der Waals surface area contributed by atoms with Crippen molar-refractivity contribution in [3.05, 3.63) is 62.3 Å². The molecule has 0 fully saturated rings. The highest BCUT2D eigenvalue weighted by Crippen LogP contribution is 2.24. The first-order valence-corrected chi connectivity index (χ1v) is 9.86. The van der Waals surface area contributed by atoms with E-state index in [1.807, 2.05) is 24.3 Å². The zero-order valence-corrected chi connectivity index (χ0v) is 16.4. The third kappa shape index (κ3) is 4.59. The molecule has 0 bridgehead atoms. The first-order chi connectivity index (χ1) is 13.5. The Hall–Kier alpha value is -3.11. The van der Waals surface area contributed by atoms with Crippen LogP contribution < -0.4 is 4.80 Å². The summed E-state index contributed by atoms with van der Waals surface area (Å²) < 4.78 is 7.53. The van der Waals surface area contributed by atoms with Gasteiger partial charge in [0.2, 0.25) is 0 Å². The lowest BCUT2D eigenvalue weighted by Crippen LogP contribution is -2.22. The van der Waals surface area contributed by atoms with Gasteiger partial charge in [-0.25, -0.2) is 0 Å². The summed E-state index contributed by atoms with van der Waals surface area (Å²) >= 11 is 2.26. The number of aromatic nitrogens is 1. The molecule has 0 saturated carbocycles. The number of esters is 1. The molecule has 0 aliphatic heterocycles. The van der Waals surface area contributed by atoms with Crippen molar-refractivity contribution in [2.45, 2.75) is 13.5 Å². The quantitative estimate of drug-likeness (QED) is 0.265. The molecule has 0 aliphatic rings. The molecule has 1 aromatic carbocycles. The fraction of sp³-hybridized carbons (Fsp3) is 0.167. The van der Waals surface area contributed by atoms with Crippen LogP contribution in [0.2, 0.25) is 0 Å². The topological polar surface area (TPSA) is 104 Å². The lowest BCUT2D eigenvalue weighted by atomic mass is 10.3. The third-order valence-corrected chi connectivity index (χ3v) is 5.63. The summed E-state index contributed by atoms with van der Waals surface area (Å²) in [5, 5.41) is 10.7.